The number of non-ortho nitro benzene ring substituents is 1. The minimum absolute atomic E-state index is 0.0685. The zero-order chi connectivity index (χ0) is 18.9. The van der Waals surface area contributed by atoms with Crippen molar-refractivity contribution in [3.63, 3.8) is 0 Å². The minimum Gasteiger partial charge on any atom is -0.494 e. The molecule has 144 valence electrons. The van der Waals surface area contributed by atoms with Crippen LogP contribution in [0.4, 0.5) is 11.4 Å². The molecule has 1 aromatic carbocycles. The molecular formula is C18H28N4O4. The maximum absolute atomic E-state index is 12.2. The van der Waals surface area contributed by atoms with Crippen LogP contribution in [0.15, 0.2) is 18.2 Å². The Morgan fingerprint density at radius 3 is 2.73 bits per heavy atom. The zero-order valence-corrected chi connectivity index (χ0v) is 15.5. The van der Waals surface area contributed by atoms with E-state index in [-0.39, 0.29) is 17.3 Å². The molecule has 0 spiro atoms. The van der Waals surface area contributed by atoms with Gasteiger partial charge in [-0.05, 0) is 57.9 Å². The van der Waals surface area contributed by atoms with Crippen LogP contribution < -0.4 is 15.4 Å². The van der Waals surface area contributed by atoms with Crippen LogP contribution in [0.3, 0.4) is 0 Å². The van der Waals surface area contributed by atoms with E-state index in [0.717, 1.165) is 32.1 Å². The lowest BCUT2D eigenvalue weighted by molar-refractivity contribution is -0.384. The number of amides is 1. The van der Waals surface area contributed by atoms with E-state index in [0.29, 0.717) is 12.1 Å². The van der Waals surface area contributed by atoms with Crippen molar-refractivity contribution in [2.45, 2.75) is 25.7 Å². The number of carbonyl (C=O) groups excluding carboxylic acids is 1. The summed E-state index contributed by atoms with van der Waals surface area (Å²) in [6.07, 6.45) is 3.96. The van der Waals surface area contributed by atoms with Crippen molar-refractivity contribution in [3.8, 4) is 5.75 Å². The number of benzene rings is 1. The van der Waals surface area contributed by atoms with Gasteiger partial charge in [-0.2, -0.15) is 0 Å². The van der Waals surface area contributed by atoms with Gasteiger partial charge in [-0.25, -0.2) is 0 Å². The Morgan fingerprint density at radius 1 is 1.38 bits per heavy atom. The number of likely N-dealkylation sites (tertiary alicyclic amines) is 1. The highest BCUT2D eigenvalue weighted by Crippen LogP contribution is 2.29. The number of nitro groups is 1. The van der Waals surface area contributed by atoms with Crippen molar-refractivity contribution in [1.29, 1.82) is 0 Å². The number of nitrogens with zero attached hydrogens (tertiary/aromatic N) is 2. The molecule has 1 fully saturated rings. The van der Waals surface area contributed by atoms with Crippen LogP contribution in [-0.4, -0.2) is 56.1 Å². The van der Waals surface area contributed by atoms with E-state index in [2.05, 4.69) is 15.5 Å². The highest BCUT2D eigenvalue weighted by molar-refractivity contribution is 5.92. The Balaban J connectivity index is 1.78. The first-order valence-electron chi connectivity index (χ1n) is 9.02. The first-order chi connectivity index (χ1) is 12.5. The fourth-order valence-corrected chi connectivity index (χ4v) is 3.22. The van der Waals surface area contributed by atoms with Gasteiger partial charge in [0.2, 0.25) is 5.91 Å². The van der Waals surface area contributed by atoms with Gasteiger partial charge < -0.3 is 20.3 Å². The molecule has 0 unspecified atom stereocenters. The third-order valence-electron chi connectivity index (χ3n) is 4.83. The lowest BCUT2D eigenvalue weighted by Crippen LogP contribution is -2.36. The van der Waals surface area contributed by atoms with E-state index < -0.39 is 4.92 Å². The number of carbonyl (C=O) groups is 1. The lowest BCUT2D eigenvalue weighted by Gasteiger charge is -2.31. The molecule has 1 aromatic rings. The standard InChI is InChI=1S/C18H28N4O4/c1-19-9-5-14-6-10-21(11-7-14)12-8-18(23)20-16-4-3-15(22(24)25)13-17(16)26-2/h3-4,13-14,19H,5-12H2,1-2H3,(H,20,23). The fraction of sp³-hybridized carbons (Fsp3) is 0.611. The zero-order valence-electron chi connectivity index (χ0n) is 15.5. The van der Waals surface area contributed by atoms with Gasteiger partial charge >= 0.3 is 0 Å². The van der Waals surface area contributed by atoms with Gasteiger partial charge in [0.1, 0.15) is 5.75 Å². The molecule has 1 aliphatic rings. The van der Waals surface area contributed by atoms with Crippen LogP contribution in [0.25, 0.3) is 0 Å². The molecule has 2 rings (SSSR count). The third-order valence-corrected chi connectivity index (χ3v) is 4.83. The first kappa shape index (κ1) is 20.1. The summed E-state index contributed by atoms with van der Waals surface area (Å²) >= 11 is 0. The molecule has 1 aliphatic heterocycles. The number of methoxy groups -OCH3 is 1. The number of hydrogen-bond donors (Lipinski definition) is 2. The topological polar surface area (TPSA) is 96.7 Å². The molecule has 0 atom stereocenters. The Bertz CT molecular complexity index is 615. The molecule has 0 bridgehead atoms. The van der Waals surface area contributed by atoms with Gasteiger partial charge in [0.25, 0.3) is 5.69 Å². The molecule has 1 heterocycles. The normalized spacial score (nSPS) is 15.6. The van der Waals surface area contributed by atoms with E-state index >= 15 is 0 Å². The van der Waals surface area contributed by atoms with Crippen molar-refractivity contribution in [2.75, 3.05) is 45.7 Å². The average molecular weight is 364 g/mol. The summed E-state index contributed by atoms with van der Waals surface area (Å²) < 4.78 is 5.14. The summed E-state index contributed by atoms with van der Waals surface area (Å²) in [5, 5.41) is 16.8. The van der Waals surface area contributed by atoms with Gasteiger partial charge in [-0.1, -0.05) is 0 Å². The average Bonchev–Trinajstić information content (AvgIpc) is 2.65. The molecule has 0 radical (unpaired) electrons. The number of nitrogens with one attached hydrogen (secondary N) is 2. The smallest absolute Gasteiger partial charge is 0.273 e. The predicted octanol–water partition coefficient (Wildman–Crippen LogP) is 2.25. The van der Waals surface area contributed by atoms with Crippen molar-refractivity contribution in [1.82, 2.24) is 10.2 Å². The van der Waals surface area contributed by atoms with Crippen LogP contribution in [-0.2, 0) is 4.79 Å². The van der Waals surface area contributed by atoms with E-state index in [4.69, 9.17) is 4.74 Å². The summed E-state index contributed by atoms with van der Waals surface area (Å²) in [5.41, 5.74) is 0.384. The van der Waals surface area contributed by atoms with E-state index in [1.165, 1.54) is 44.6 Å². The number of hydrogen-bond acceptors (Lipinski definition) is 6. The second-order valence-electron chi connectivity index (χ2n) is 6.62. The number of rotatable bonds is 9. The van der Waals surface area contributed by atoms with Crippen LogP contribution >= 0.6 is 0 Å². The van der Waals surface area contributed by atoms with Crippen molar-refractivity contribution in [3.05, 3.63) is 28.3 Å². The van der Waals surface area contributed by atoms with Gasteiger partial charge in [0.05, 0.1) is 23.8 Å². The second kappa shape index (κ2) is 10.1. The Kier molecular flexibility index (Phi) is 7.80. The van der Waals surface area contributed by atoms with Crippen LogP contribution in [0.5, 0.6) is 5.75 Å². The largest absolute Gasteiger partial charge is 0.494 e. The lowest BCUT2D eigenvalue weighted by atomic mass is 9.93. The SMILES string of the molecule is CNCCC1CCN(CCC(=O)Nc2ccc([N+](=O)[O-])cc2OC)CC1. The minimum atomic E-state index is -0.492. The Morgan fingerprint density at radius 2 is 2.12 bits per heavy atom. The molecule has 1 saturated heterocycles. The second-order valence-corrected chi connectivity index (χ2v) is 6.62. The number of ether oxygens (including phenoxy) is 1. The molecule has 0 aliphatic carbocycles. The number of anilines is 1. The monoisotopic (exact) mass is 364 g/mol. The Hall–Kier alpha value is -2.19. The predicted molar refractivity (Wildman–Crippen MR) is 101 cm³/mol. The first-order valence-corrected chi connectivity index (χ1v) is 9.02. The summed E-state index contributed by atoms with van der Waals surface area (Å²) in [7, 11) is 3.40. The van der Waals surface area contributed by atoms with Gasteiger partial charge in [0.15, 0.2) is 0 Å². The summed E-state index contributed by atoms with van der Waals surface area (Å²) in [6.45, 7) is 3.84. The molecule has 0 saturated carbocycles. The molecule has 1 amide bonds. The van der Waals surface area contributed by atoms with Crippen LogP contribution in [0.1, 0.15) is 25.7 Å². The number of piperidine rings is 1. The fourth-order valence-electron chi connectivity index (χ4n) is 3.22. The van der Waals surface area contributed by atoms with Crippen molar-refractivity contribution < 1.29 is 14.5 Å². The van der Waals surface area contributed by atoms with E-state index in [9.17, 15) is 14.9 Å². The highest BCUT2D eigenvalue weighted by Gasteiger charge is 2.19. The maximum Gasteiger partial charge on any atom is 0.273 e. The summed E-state index contributed by atoms with van der Waals surface area (Å²) in [6, 6.07) is 4.17. The van der Waals surface area contributed by atoms with Gasteiger partial charge in [-0.15, -0.1) is 0 Å². The van der Waals surface area contributed by atoms with Crippen LogP contribution in [0, 0.1) is 16.0 Å². The van der Waals surface area contributed by atoms with Crippen molar-refractivity contribution in [2.24, 2.45) is 5.92 Å². The van der Waals surface area contributed by atoms with Gasteiger partial charge in [-0.3, -0.25) is 14.9 Å². The summed E-state index contributed by atoms with van der Waals surface area (Å²) in [4.78, 5) is 24.9. The Labute approximate surface area is 154 Å². The maximum atomic E-state index is 12.2. The van der Waals surface area contributed by atoms with E-state index in [1.807, 2.05) is 7.05 Å². The van der Waals surface area contributed by atoms with E-state index in [1.54, 1.807) is 0 Å². The molecule has 8 heteroatoms. The molecule has 0 aromatic heterocycles. The van der Waals surface area contributed by atoms with Crippen LogP contribution in [0.2, 0.25) is 0 Å². The number of nitro benzene ring substituents is 1. The molecule has 8 nitrogen and oxygen atoms in total. The quantitative estimate of drug-likeness (QED) is 0.515. The van der Waals surface area contributed by atoms with Crippen molar-refractivity contribution >= 4 is 17.3 Å². The van der Waals surface area contributed by atoms with Gasteiger partial charge in [0, 0.05) is 19.0 Å². The third kappa shape index (κ3) is 5.96. The molecular weight excluding hydrogens is 336 g/mol. The molecule has 26 heavy (non-hydrogen) atoms. The summed E-state index contributed by atoms with van der Waals surface area (Å²) in [5.74, 6) is 0.948. The molecule has 2 N–H and O–H groups in total. The highest BCUT2D eigenvalue weighted by atomic mass is 16.6.